The van der Waals surface area contributed by atoms with Crippen molar-refractivity contribution in [3.05, 3.63) is 66.8 Å². The molecule has 0 N–H and O–H groups in total. The average molecular weight is 242 g/mol. The van der Waals surface area contributed by atoms with Gasteiger partial charge in [-0.25, -0.2) is 4.79 Å². The molecule has 0 aliphatic rings. The standard InChI is InChI=1S/C16H18O2/c1-5-8-13-10-7-11-14(9-6-2)15(13)18-16(17)12(3)4/h5-7,10-11H,1-3,8-9H2,4H3. The maximum absolute atomic E-state index is 11.7. The van der Waals surface area contributed by atoms with Gasteiger partial charge < -0.3 is 4.74 Å². The Balaban J connectivity index is 3.16. The van der Waals surface area contributed by atoms with Gasteiger partial charge in [0, 0.05) is 5.57 Å². The first-order valence-electron chi connectivity index (χ1n) is 5.80. The highest BCUT2D eigenvalue weighted by atomic mass is 16.5. The number of hydrogen-bond donors (Lipinski definition) is 0. The number of rotatable bonds is 6. The van der Waals surface area contributed by atoms with Gasteiger partial charge in [-0.1, -0.05) is 36.9 Å². The van der Waals surface area contributed by atoms with Gasteiger partial charge in [0.05, 0.1) is 0 Å². The maximum atomic E-state index is 11.7. The Morgan fingerprint density at radius 2 is 1.72 bits per heavy atom. The van der Waals surface area contributed by atoms with Crippen LogP contribution >= 0.6 is 0 Å². The second kappa shape index (κ2) is 6.60. The summed E-state index contributed by atoms with van der Waals surface area (Å²) in [5, 5.41) is 0. The summed E-state index contributed by atoms with van der Waals surface area (Å²) >= 11 is 0. The largest absolute Gasteiger partial charge is 0.423 e. The van der Waals surface area contributed by atoms with E-state index in [9.17, 15) is 4.79 Å². The van der Waals surface area contributed by atoms with Crippen LogP contribution in [0.1, 0.15) is 18.1 Å². The minimum absolute atomic E-state index is 0.382. The predicted molar refractivity (Wildman–Crippen MR) is 74.7 cm³/mol. The van der Waals surface area contributed by atoms with Crippen LogP contribution in [0.15, 0.2) is 55.7 Å². The number of esters is 1. The van der Waals surface area contributed by atoms with Crippen molar-refractivity contribution in [1.29, 1.82) is 0 Å². The van der Waals surface area contributed by atoms with Gasteiger partial charge in [-0.2, -0.15) is 0 Å². The minimum Gasteiger partial charge on any atom is -0.423 e. The van der Waals surface area contributed by atoms with Gasteiger partial charge in [0.25, 0.3) is 0 Å². The number of para-hydroxylation sites is 1. The summed E-state index contributed by atoms with van der Waals surface area (Å²) in [6.07, 6.45) is 4.88. The predicted octanol–water partition coefficient (Wildman–Crippen LogP) is 3.63. The first-order chi connectivity index (χ1) is 8.60. The number of carbonyl (C=O) groups excluding carboxylic acids is 1. The number of benzene rings is 1. The summed E-state index contributed by atoms with van der Waals surface area (Å²) in [4.78, 5) is 11.7. The molecule has 0 amide bonds. The molecule has 0 aliphatic heterocycles. The Bertz CT molecular complexity index is 456. The van der Waals surface area contributed by atoms with E-state index in [0.717, 1.165) is 11.1 Å². The van der Waals surface area contributed by atoms with Gasteiger partial charge in [-0.3, -0.25) is 0 Å². The monoisotopic (exact) mass is 242 g/mol. The van der Waals surface area contributed by atoms with Crippen LogP contribution in [0.3, 0.4) is 0 Å². The van der Waals surface area contributed by atoms with Crippen molar-refractivity contribution in [1.82, 2.24) is 0 Å². The van der Waals surface area contributed by atoms with Gasteiger partial charge in [-0.05, 0) is 30.9 Å². The van der Waals surface area contributed by atoms with E-state index in [0.29, 0.717) is 24.2 Å². The Morgan fingerprint density at radius 1 is 1.22 bits per heavy atom. The Hall–Kier alpha value is -2.09. The molecule has 0 heterocycles. The smallest absolute Gasteiger partial charge is 0.338 e. The van der Waals surface area contributed by atoms with Crippen molar-refractivity contribution in [3.63, 3.8) is 0 Å². The van der Waals surface area contributed by atoms with Crippen LogP contribution in [0.25, 0.3) is 0 Å². The zero-order chi connectivity index (χ0) is 13.5. The normalized spacial score (nSPS) is 9.61. The van der Waals surface area contributed by atoms with Crippen molar-refractivity contribution in [2.24, 2.45) is 0 Å². The molecule has 18 heavy (non-hydrogen) atoms. The van der Waals surface area contributed by atoms with Crippen LogP contribution in [0.2, 0.25) is 0 Å². The summed E-state index contributed by atoms with van der Waals surface area (Å²) in [6, 6.07) is 5.79. The van der Waals surface area contributed by atoms with Crippen LogP contribution < -0.4 is 4.74 Å². The molecular formula is C16H18O2. The van der Waals surface area contributed by atoms with Crippen LogP contribution in [0.4, 0.5) is 0 Å². The third kappa shape index (κ3) is 3.45. The lowest BCUT2D eigenvalue weighted by atomic mass is 10.0. The highest BCUT2D eigenvalue weighted by molar-refractivity contribution is 5.89. The molecule has 0 atom stereocenters. The summed E-state index contributed by atoms with van der Waals surface area (Å²) in [6.45, 7) is 12.6. The third-order valence-corrected chi connectivity index (χ3v) is 2.45. The third-order valence-electron chi connectivity index (χ3n) is 2.45. The number of allylic oxidation sites excluding steroid dienone is 2. The van der Waals surface area contributed by atoms with Gasteiger partial charge >= 0.3 is 5.97 Å². The van der Waals surface area contributed by atoms with E-state index in [-0.39, 0.29) is 0 Å². The van der Waals surface area contributed by atoms with Crippen LogP contribution in [0.5, 0.6) is 5.75 Å². The molecule has 0 saturated carbocycles. The highest BCUT2D eigenvalue weighted by Gasteiger charge is 2.13. The van der Waals surface area contributed by atoms with E-state index in [2.05, 4.69) is 19.7 Å². The van der Waals surface area contributed by atoms with E-state index in [1.165, 1.54) is 0 Å². The van der Waals surface area contributed by atoms with Crippen LogP contribution in [-0.4, -0.2) is 5.97 Å². The number of ether oxygens (including phenoxy) is 1. The van der Waals surface area contributed by atoms with Gasteiger partial charge in [-0.15, -0.1) is 13.2 Å². The van der Waals surface area contributed by atoms with Crippen LogP contribution in [0, 0.1) is 0 Å². The molecule has 0 aromatic heterocycles. The van der Waals surface area contributed by atoms with Crippen molar-refractivity contribution >= 4 is 5.97 Å². The molecule has 2 nitrogen and oxygen atoms in total. The summed E-state index contributed by atoms with van der Waals surface area (Å²) in [7, 11) is 0. The lowest BCUT2D eigenvalue weighted by Gasteiger charge is -2.13. The first-order valence-corrected chi connectivity index (χ1v) is 5.80. The molecule has 0 unspecified atom stereocenters. The average Bonchev–Trinajstić information content (AvgIpc) is 2.33. The Morgan fingerprint density at radius 3 is 2.11 bits per heavy atom. The lowest BCUT2D eigenvalue weighted by Crippen LogP contribution is -2.11. The Labute approximate surface area is 108 Å². The molecule has 0 bridgehead atoms. The molecule has 2 heteroatoms. The number of hydrogen-bond acceptors (Lipinski definition) is 2. The quantitative estimate of drug-likeness (QED) is 0.329. The molecule has 0 spiro atoms. The zero-order valence-corrected chi connectivity index (χ0v) is 10.7. The molecule has 0 radical (unpaired) electrons. The van der Waals surface area contributed by atoms with E-state index in [4.69, 9.17) is 4.74 Å². The summed E-state index contributed by atoms with van der Waals surface area (Å²) < 4.78 is 5.41. The van der Waals surface area contributed by atoms with Crippen LogP contribution in [-0.2, 0) is 17.6 Å². The molecule has 0 fully saturated rings. The zero-order valence-electron chi connectivity index (χ0n) is 10.7. The SMILES string of the molecule is C=CCc1cccc(CC=C)c1OC(=O)C(=C)C. The molecule has 0 aliphatic carbocycles. The molecule has 1 aromatic rings. The number of carbonyl (C=O) groups is 1. The fourth-order valence-electron chi connectivity index (χ4n) is 1.58. The van der Waals surface area contributed by atoms with E-state index < -0.39 is 5.97 Å². The van der Waals surface area contributed by atoms with Crippen molar-refractivity contribution in [2.45, 2.75) is 19.8 Å². The van der Waals surface area contributed by atoms with E-state index in [1.807, 2.05) is 18.2 Å². The Kier molecular flexibility index (Phi) is 5.12. The second-order valence-corrected chi connectivity index (χ2v) is 4.06. The second-order valence-electron chi connectivity index (χ2n) is 4.06. The maximum Gasteiger partial charge on any atom is 0.338 e. The fourth-order valence-corrected chi connectivity index (χ4v) is 1.58. The molecule has 1 rings (SSSR count). The van der Waals surface area contributed by atoms with E-state index in [1.54, 1.807) is 19.1 Å². The minimum atomic E-state index is -0.406. The fraction of sp³-hybridized carbons (Fsp3) is 0.188. The van der Waals surface area contributed by atoms with Gasteiger partial charge in [0.1, 0.15) is 5.75 Å². The summed E-state index contributed by atoms with van der Waals surface area (Å²) in [5.74, 6) is 0.196. The van der Waals surface area contributed by atoms with Crippen molar-refractivity contribution in [3.8, 4) is 5.75 Å². The molecule has 1 aromatic carbocycles. The lowest BCUT2D eigenvalue weighted by molar-refractivity contribution is -0.130. The first kappa shape index (κ1) is 14.0. The molecule has 94 valence electrons. The molecule has 0 saturated heterocycles. The van der Waals surface area contributed by atoms with Gasteiger partial charge in [0.2, 0.25) is 0 Å². The van der Waals surface area contributed by atoms with Gasteiger partial charge in [0.15, 0.2) is 0 Å². The van der Waals surface area contributed by atoms with Crippen molar-refractivity contribution < 1.29 is 9.53 Å². The summed E-state index contributed by atoms with van der Waals surface area (Å²) in [5.41, 5.74) is 2.27. The van der Waals surface area contributed by atoms with Crippen molar-refractivity contribution in [2.75, 3.05) is 0 Å². The molecular weight excluding hydrogens is 224 g/mol. The topological polar surface area (TPSA) is 26.3 Å². The highest BCUT2D eigenvalue weighted by Crippen LogP contribution is 2.26. The van der Waals surface area contributed by atoms with E-state index >= 15 is 0 Å².